The molecule has 4 heteroatoms. The molecular formula is C64H59BN2O. The quantitative estimate of drug-likeness (QED) is 0.161. The first-order chi connectivity index (χ1) is 32.7. The molecule has 0 amide bonds. The molecule has 0 radical (unpaired) electrons. The molecule has 0 saturated heterocycles. The smallest absolute Gasteiger partial charge is 0.248 e. The zero-order chi connectivity index (χ0) is 46.5. The number of para-hydroxylation sites is 3. The van der Waals surface area contributed by atoms with Gasteiger partial charge in [0, 0.05) is 44.9 Å². The summed E-state index contributed by atoms with van der Waals surface area (Å²) in [5.74, 6) is 0. The third-order valence-corrected chi connectivity index (χ3v) is 17.0. The van der Waals surface area contributed by atoms with Gasteiger partial charge in [0.15, 0.2) is 0 Å². The number of rotatable bonds is 5. The zero-order valence-electron chi connectivity index (χ0n) is 40.8. The van der Waals surface area contributed by atoms with Crippen molar-refractivity contribution >= 4 is 79.2 Å². The highest BCUT2D eigenvalue weighted by Gasteiger charge is 2.47. The molecule has 0 fully saturated rings. The van der Waals surface area contributed by atoms with Gasteiger partial charge in [-0.2, -0.15) is 0 Å². The van der Waals surface area contributed by atoms with Crippen molar-refractivity contribution in [3.05, 3.63) is 186 Å². The van der Waals surface area contributed by atoms with Crippen molar-refractivity contribution in [1.29, 1.82) is 0 Å². The molecule has 0 spiro atoms. The summed E-state index contributed by atoms with van der Waals surface area (Å²) >= 11 is 0. The number of hydrogen-bond acceptors (Lipinski definition) is 3. The Morgan fingerprint density at radius 3 is 1.74 bits per heavy atom. The van der Waals surface area contributed by atoms with Gasteiger partial charge in [-0.3, -0.25) is 0 Å². The first-order valence-corrected chi connectivity index (χ1v) is 25.0. The van der Waals surface area contributed by atoms with Crippen LogP contribution in [0.25, 0.3) is 44.2 Å². The molecule has 9 aromatic rings. The van der Waals surface area contributed by atoms with E-state index in [0.717, 1.165) is 40.0 Å². The first-order valence-electron chi connectivity index (χ1n) is 25.0. The maximum absolute atomic E-state index is 6.56. The van der Waals surface area contributed by atoms with Gasteiger partial charge in [0.2, 0.25) is 6.71 Å². The van der Waals surface area contributed by atoms with Crippen LogP contribution < -0.4 is 26.2 Å². The summed E-state index contributed by atoms with van der Waals surface area (Å²) in [5, 5.41) is 2.32. The van der Waals surface area contributed by atoms with E-state index in [0.29, 0.717) is 0 Å². The molecule has 3 nitrogen and oxygen atoms in total. The van der Waals surface area contributed by atoms with Crippen LogP contribution in [-0.4, -0.2) is 6.71 Å². The third-order valence-electron chi connectivity index (χ3n) is 17.0. The number of hydrogen-bond donors (Lipinski definition) is 0. The van der Waals surface area contributed by atoms with E-state index in [1.54, 1.807) is 0 Å². The van der Waals surface area contributed by atoms with E-state index in [1.165, 1.54) is 103 Å². The average Bonchev–Trinajstić information content (AvgIpc) is 3.89. The maximum Gasteiger partial charge on any atom is 0.248 e. The minimum atomic E-state index is 0.0330. The van der Waals surface area contributed by atoms with Crippen LogP contribution in [-0.2, 0) is 21.7 Å². The van der Waals surface area contributed by atoms with E-state index in [2.05, 4.69) is 229 Å². The van der Waals surface area contributed by atoms with Crippen LogP contribution in [0.15, 0.2) is 168 Å². The lowest BCUT2D eigenvalue weighted by atomic mass is 9.36. The SMILES string of the molecule is CC1(C)CCC(C)(C)c2cc(N3c4cc5c(cc4B4c6cc(N(c7ccccc7)c7ccccc7)ccc6-c6cc(-c7cccc8oc9ccccc9c78)cc3c64)C(C)(C)CCC5(C)C)ccc21. The predicted molar refractivity (Wildman–Crippen MR) is 289 cm³/mol. The fourth-order valence-corrected chi connectivity index (χ4v) is 12.9. The summed E-state index contributed by atoms with van der Waals surface area (Å²) in [6, 6.07) is 62.0. The van der Waals surface area contributed by atoms with Gasteiger partial charge in [-0.05, 0) is 182 Å². The predicted octanol–water partition coefficient (Wildman–Crippen LogP) is 15.7. The Balaban J connectivity index is 1.13. The lowest BCUT2D eigenvalue weighted by Gasteiger charge is -2.45. The number of nitrogens with zero attached hydrogens (tertiary/aromatic N) is 2. The minimum absolute atomic E-state index is 0.0330. The Kier molecular flexibility index (Phi) is 8.75. The highest BCUT2D eigenvalue weighted by Crippen LogP contribution is 2.53. The molecule has 334 valence electrons. The van der Waals surface area contributed by atoms with Crippen LogP contribution in [0.2, 0.25) is 0 Å². The lowest BCUT2D eigenvalue weighted by Crippen LogP contribution is -2.55. The van der Waals surface area contributed by atoms with E-state index in [1.807, 2.05) is 0 Å². The van der Waals surface area contributed by atoms with Crippen LogP contribution >= 0.6 is 0 Å². The molecule has 0 saturated carbocycles. The molecule has 1 aromatic heterocycles. The molecule has 0 atom stereocenters. The number of anilines is 6. The number of fused-ring (bicyclic) bond motifs is 10. The summed E-state index contributed by atoms with van der Waals surface area (Å²) < 4.78 is 6.56. The van der Waals surface area contributed by atoms with Crippen molar-refractivity contribution in [2.24, 2.45) is 0 Å². The van der Waals surface area contributed by atoms with Gasteiger partial charge >= 0.3 is 0 Å². The maximum atomic E-state index is 6.56. The molecule has 4 aliphatic rings. The molecule has 0 unspecified atom stereocenters. The molecular weight excluding hydrogens is 824 g/mol. The fourth-order valence-electron chi connectivity index (χ4n) is 12.9. The van der Waals surface area contributed by atoms with Crippen LogP contribution in [0.4, 0.5) is 34.1 Å². The van der Waals surface area contributed by atoms with Gasteiger partial charge in [0.1, 0.15) is 11.2 Å². The van der Waals surface area contributed by atoms with E-state index in [-0.39, 0.29) is 28.4 Å². The topological polar surface area (TPSA) is 19.6 Å². The summed E-state index contributed by atoms with van der Waals surface area (Å²) in [7, 11) is 0. The lowest BCUT2D eigenvalue weighted by molar-refractivity contribution is 0.332. The summed E-state index contributed by atoms with van der Waals surface area (Å²) in [5.41, 5.74) is 24.5. The van der Waals surface area contributed by atoms with Crippen molar-refractivity contribution in [3.63, 3.8) is 0 Å². The van der Waals surface area contributed by atoms with Gasteiger partial charge in [0.05, 0.1) is 0 Å². The largest absolute Gasteiger partial charge is 0.456 e. The standard InChI is InChI=1S/C64H59BN2O/c1-61(2)30-31-62(3,4)50-36-43(27-29-49(50)61)67-55-39-52-51(63(5,6)32-33-64(52,7)8)38-54(55)65-53-37-44(66(41-18-11-9-12-19-41)42-20-13-10-14-21-42)26-28-46(53)48-34-40(35-56(67)60(48)65)45-23-17-25-58-59(45)47-22-15-16-24-57(47)68-58/h9-29,34-39H,30-33H2,1-8H3. The molecule has 68 heavy (non-hydrogen) atoms. The Hall–Kier alpha value is -6.78. The van der Waals surface area contributed by atoms with Gasteiger partial charge in [-0.25, -0.2) is 0 Å². The summed E-state index contributed by atoms with van der Waals surface area (Å²) in [4.78, 5) is 5.11. The Morgan fingerprint density at radius 2 is 1.04 bits per heavy atom. The number of benzene rings is 8. The van der Waals surface area contributed by atoms with Gasteiger partial charge in [-0.15, -0.1) is 0 Å². The normalized spacial score (nSPS) is 17.6. The third kappa shape index (κ3) is 6.05. The fraction of sp³-hybridized carbons (Fsp3) is 0.250. The van der Waals surface area contributed by atoms with E-state index in [9.17, 15) is 0 Å². The highest BCUT2D eigenvalue weighted by molar-refractivity contribution is 7.01. The van der Waals surface area contributed by atoms with Crippen molar-refractivity contribution in [2.75, 3.05) is 9.80 Å². The zero-order valence-corrected chi connectivity index (χ0v) is 40.8. The van der Waals surface area contributed by atoms with E-state index >= 15 is 0 Å². The number of furan rings is 1. The highest BCUT2D eigenvalue weighted by atomic mass is 16.3. The second-order valence-electron chi connectivity index (χ2n) is 23.0. The Bertz CT molecular complexity index is 3500. The van der Waals surface area contributed by atoms with Crippen LogP contribution in [0.1, 0.15) is 103 Å². The summed E-state index contributed by atoms with van der Waals surface area (Å²) in [6.07, 6.45) is 4.68. The van der Waals surface area contributed by atoms with Crippen LogP contribution in [0, 0.1) is 0 Å². The molecule has 13 rings (SSSR count). The minimum Gasteiger partial charge on any atom is -0.456 e. The van der Waals surface area contributed by atoms with Crippen molar-refractivity contribution in [2.45, 2.75) is 103 Å². The molecule has 3 heterocycles. The monoisotopic (exact) mass is 882 g/mol. The second-order valence-corrected chi connectivity index (χ2v) is 23.0. The molecule has 0 bridgehead atoms. The van der Waals surface area contributed by atoms with E-state index in [4.69, 9.17) is 4.42 Å². The van der Waals surface area contributed by atoms with Crippen LogP contribution in [0.5, 0.6) is 0 Å². The molecule has 0 N–H and O–H groups in total. The first kappa shape index (κ1) is 41.4. The molecule has 2 aliphatic heterocycles. The van der Waals surface area contributed by atoms with Gasteiger partial charge in [0.25, 0.3) is 0 Å². The summed E-state index contributed by atoms with van der Waals surface area (Å²) in [6.45, 7) is 19.7. The van der Waals surface area contributed by atoms with E-state index < -0.39 is 0 Å². The van der Waals surface area contributed by atoms with Gasteiger partial charge < -0.3 is 14.2 Å². The van der Waals surface area contributed by atoms with Crippen molar-refractivity contribution in [1.82, 2.24) is 0 Å². The Labute approximate surface area is 402 Å². The van der Waals surface area contributed by atoms with Crippen molar-refractivity contribution in [3.8, 4) is 22.3 Å². The Morgan fingerprint density at radius 1 is 0.441 bits per heavy atom. The molecule has 2 aliphatic carbocycles. The molecule has 8 aromatic carbocycles. The average molecular weight is 883 g/mol. The van der Waals surface area contributed by atoms with Gasteiger partial charge in [-0.1, -0.05) is 146 Å². The second kappa shape index (κ2) is 14.4. The van der Waals surface area contributed by atoms with Crippen molar-refractivity contribution < 1.29 is 4.42 Å². The van der Waals surface area contributed by atoms with Crippen LogP contribution in [0.3, 0.4) is 0 Å².